The van der Waals surface area contributed by atoms with E-state index in [0.717, 1.165) is 32.0 Å². The summed E-state index contributed by atoms with van der Waals surface area (Å²) in [5.74, 6) is 0.411. The molecule has 0 aliphatic carbocycles. The minimum absolute atomic E-state index is 0.161. The molecule has 2 amide bonds. The highest BCUT2D eigenvalue weighted by atomic mass is 16.2. The lowest BCUT2D eigenvalue weighted by atomic mass is 9.94. The van der Waals surface area contributed by atoms with E-state index in [-0.39, 0.29) is 17.9 Å². The monoisotopic (exact) mass is 239 g/mol. The van der Waals surface area contributed by atoms with E-state index >= 15 is 0 Å². The van der Waals surface area contributed by atoms with Crippen molar-refractivity contribution in [2.24, 2.45) is 5.92 Å². The lowest BCUT2D eigenvalue weighted by Crippen LogP contribution is -2.57. The Hall–Kier alpha value is -0.940. The van der Waals surface area contributed by atoms with E-state index in [9.17, 15) is 9.59 Å². The molecule has 2 rings (SSSR count). The minimum Gasteiger partial charge on any atom is -0.317 e. The SMILES string of the molecule is CC1C(=O)NC(=O)CN1CCC1CCNCC1. The Morgan fingerprint density at radius 2 is 2.00 bits per heavy atom. The summed E-state index contributed by atoms with van der Waals surface area (Å²) in [6, 6.07) is -0.172. The standard InChI is InChI=1S/C12H21N3O2/c1-9-12(17)14-11(16)8-15(9)7-4-10-2-5-13-6-3-10/h9-10,13H,2-8H2,1H3,(H,14,16,17). The smallest absolute Gasteiger partial charge is 0.243 e. The maximum atomic E-state index is 11.5. The van der Waals surface area contributed by atoms with E-state index in [0.29, 0.717) is 6.54 Å². The zero-order valence-corrected chi connectivity index (χ0v) is 10.4. The summed E-state index contributed by atoms with van der Waals surface area (Å²) in [5.41, 5.74) is 0. The highest BCUT2D eigenvalue weighted by molar-refractivity contribution is 6.00. The van der Waals surface area contributed by atoms with Gasteiger partial charge in [-0.3, -0.25) is 19.8 Å². The van der Waals surface area contributed by atoms with Crippen molar-refractivity contribution in [3.05, 3.63) is 0 Å². The van der Waals surface area contributed by atoms with Crippen LogP contribution in [0.4, 0.5) is 0 Å². The molecule has 0 radical (unpaired) electrons. The Kier molecular flexibility index (Phi) is 4.12. The first-order valence-electron chi connectivity index (χ1n) is 6.45. The normalized spacial score (nSPS) is 28.2. The van der Waals surface area contributed by atoms with E-state index in [1.807, 2.05) is 11.8 Å². The molecule has 96 valence electrons. The number of hydrogen-bond acceptors (Lipinski definition) is 4. The Balaban J connectivity index is 1.80. The molecule has 17 heavy (non-hydrogen) atoms. The molecule has 5 nitrogen and oxygen atoms in total. The molecule has 2 aliphatic rings. The van der Waals surface area contributed by atoms with Gasteiger partial charge in [0.05, 0.1) is 12.6 Å². The average molecular weight is 239 g/mol. The first-order chi connectivity index (χ1) is 8.16. The van der Waals surface area contributed by atoms with Crippen LogP contribution in [0, 0.1) is 5.92 Å². The Labute approximate surface area is 102 Å². The first-order valence-corrected chi connectivity index (χ1v) is 6.45. The third-order valence-electron chi connectivity index (χ3n) is 3.82. The van der Waals surface area contributed by atoms with Crippen LogP contribution in [0.3, 0.4) is 0 Å². The molecular weight excluding hydrogens is 218 g/mol. The molecule has 0 spiro atoms. The predicted molar refractivity (Wildman–Crippen MR) is 64.4 cm³/mol. The number of hydrogen-bond donors (Lipinski definition) is 2. The molecule has 2 fully saturated rings. The topological polar surface area (TPSA) is 61.4 Å². The molecule has 0 aromatic rings. The molecule has 2 N–H and O–H groups in total. The Morgan fingerprint density at radius 3 is 2.71 bits per heavy atom. The van der Waals surface area contributed by atoms with Crippen LogP contribution in [0.25, 0.3) is 0 Å². The summed E-state index contributed by atoms with van der Waals surface area (Å²) < 4.78 is 0. The van der Waals surface area contributed by atoms with E-state index < -0.39 is 0 Å². The summed E-state index contributed by atoms with van der Waals surface area (Å²) >= 11 is 0. The molecule has 0 aromatic heterocycles. The maximum Gasteiger partial charge on any atom is 0.243 e. The van der Waals surface area contributed by atoms with Gasteiger partial charge in [-0.2, -0.15) is 0 Å². The number of carbonyl (C=O) groups is 2. The van der Waals surface area contributed by atoms with Gasteiger partial charge in [-0.25, -0.2) is 0 Å². The summed E-state index contributed by atoms with van der Waals surface area (Å²) in [5, 5.41) is 5.71. The van der Waals surface area contributed by atoms with Gasteiger partial charge in [0.15, 0.2) is 0 Å². The molecule has 0 aromatic carbocycles. The van der Waals surface area contributed by atoms with Gasteiger partial charge in [-0.15, -0.1) is 0 Å². The third-order valence-corrected chi connectivity index (χ3v) is 3.82. The fourth-order valence-electron chi connectivity index (χ4n) is 2.56. The van der Waals surface area contributed by atoms with Crippen molar-refractivity contribution in [2.75, 3.05) is 26.2 Å². The molecule has 5 heteroatoms. The van der Waals surface area contributed by atoms with Gasteiger partial charge in [0.2, 0.25) is 11.8 Å². The largest absolute Gasteiger partial charge is 0.317 e. The quantitative estimate of drug-likeness (QED) is 0.665. The van der Waals surface area contributed by atoms with Gasteiger partial charge in [-0.1, -0.05) is 0 Å². The van der Waals surface area contributed by atoms with Gasteiger partial charge >= 0.3 is 0 Å². The molecule has 1 atom stereocenters. The van der Waals surface area contributed by atoms with Crippen LogP contribution in [0.5, 0.6) is 0 Å². The van der Waals surface area contributed by atoms with Crippen molar-refractivity contribution < 1.29 is 9.59 Å². The summed E-state index contributed by atoms with van der Waals surface area (Å²) in [6.07, 6.45) is 3.51. The number of carbonyl (C=O) groups excluding carboxylic acids is 2. The van der Waals surface area contributed by atoms with Crippen LogP contribution in [0.1, 0.15) is 26.2 Å². The zero-order chi connectivity index (χ0) is 12.3. The third kappa shape index (κ3) is 3.26. The molecule has 1 unspecified atom stereocenters. The molecule has 2 aliphatic heterocycles. The number of imide groups is 1. The molecule has 0 bridgehead atoms. The van der Waals surface area contributed by atoms with Crippen LogP contribution >= 0.6 is 0 Å². The summed E-state index contributed by atoms with van der Waals surface area (Å²) in [6.45, 7) is 5.27. The van der Waals surface area contributed by atoms with Crippen LogP contribution in [0.2, 0.25) is 0 Å². The second-order valence-corrected chi connectivity index (χ2v) is 5.04. The highest BCUT2D eigenvalue weighted by Crippen LogP contribution is 2.17. The molecule has 2 saturated heterocycles. The van der Waals surface area contributed by atoms with Gasteiger partial charge in [0.1, 0.15) is 0 Å². The number of piperidine rings is 1. The van der Waals surface area contributed by atoms with Crippen LogP contribution < -0.4 is 10.6 Å². The average Bonchev–Trinajstić information content (AvgIpc) is 2.33. The number of piperazine rings is 1. The van der Waals surface area contributed by atoms with Gasteiger partial charge in [0, 0.05) is 0 Å². The van der Waals surface area contributed by atoms with Crippen molar-refractivity contribution in [2.45, 2.75) is 32.2 Å². The highest BCUT2D eigenvalue weighted by Gasteiger charge is 2.30. The lowest BCUT2D eigenvalue weighted by molar-refractivity contribution is -0.139. The maximum absolute atomic E-state index is 11.5. The number of rotatable bonds is 3. The van der Waals surface area contributed by atoms with Gasteiger partial charge in [0.25, 0.3) is 0 Å². The van der Waals surface area contributed by atoms with Crippen LogP contribution in [-0.4, -0.2) is 48.9 Å². The number of nitrogens with one attached hydrogen (secondary N) is 2. The fourth-order valence-corrected chi connectivity index (χ4v) is 2.56. The van der Waals surface area contributed by atoms with Crippen molar-refractivity contribution in [1.82, 2.24) is 15.5 Å². The number of amides is 2. The summed E-state index contributed by atoms with van der Waals surface area (Å²) in [4.78, 5) is 24.8. The second-order valence-electron chi connectivity index (χ2n) is 5.04. The van der Waals surface area contributed by atoms with Gasteiger partial charge < -0.3 is 5.32 Å². The number of nitrogens with zero attached hydrogens (tertiary/aromatic N) is 1. The first kappa shape index (κ1) is 12.5. The second kappa shape index (κ2) is 5.60. The predicted octanol–water partition coefficient (Wildman–Crippen LogP) is -0.277. The lowest BCUT2D eigenvalue weighted by Gasteiger charge is -2.33. The molecular formula is C12H21N3O2. The Morgan fingerprint density at radius 1 is 1.29 bits per heavy atom. The summed E-state index contributed by atoms with van der Waals surface area (Å²) in [7, 11) is 0. The van der Waals surface area contributed by atoms with Crippen molar-refractivity contribution in [3.63, 3.8) is 0 Å². The molecule has 2 heterocycles. The van der Waals surface area contributed by atoms with Crippen molar-refractivity contribution >= 4 is 11.8 Å². The van der Waals surface area contributed by atoms with E-state index in [1.165, 1.54) is 12.8 Å². The van der Waals surface area contributed by atoms with Gasteiger partial charge in [-0.05, 0) is 51.7 Å². The minimum atomic E-state index is -0.172. The molecule has 0 saturated carbocycles. The van der Waals surface area contributed by atoms with Crippen LogP contribution in [-0.2, 0) is 9.59 Å². The fraction of sp³-hybridized carbons (Fsp3) is 0.833. The zero-order valence-electron chi connectivity index (χ0n) is 10.4. The van der Waals surface area contributed by atoms with Crippen LogP contribution in [0.15, 0.2) is 0 Å². The Bertz CT molecular complexity index is 300. The van der Waals surface area contributed by atoms with E-state index in [2.05, 4.69) is 10.6 Å². The van der Waals surface area contributed by atoms with E-state index in [4.69, 9.17) is 0 Å². The van der Waals surface area contributed by atoms with Crippen molar-refractivity contribution in [3.8, 4) is 0 Å². The van der Waals surface area contributed by atoms with E-state index in [1.54, 1.807) is 0 Å². The van der Waals surface area contributed by atoms with Crippen molar-refractivity contribution in [1.29, 1.82) is 0 Å².